The predicted molar refractivity (Wildman–Crippen MR) is 103 cm³/mol. The van der Waals surface area contributed by atoms with Crippen LogP contribution in [0.4, 0.5) is 13.6 Å². The Morgan fingerprint density at radius 3 is 2.25 bits per heavy atom. The van der Waals surface area contributed by atoms with Crippen molar-refractivity contribution >= 4 is 43.9 Å². The Morgan fingerprint density at radius 2 is 1.75 bits per heavy atom. The Labute approximate surface area is 175 Å². The number of hydrogen-bond donors (Lipinski definition) is 2. The van der Waals surface area contributed by atoms with Gasteiger partial charge in [0.1, 0.15) is 16.2 Å². The number of rotatable bonds is 6. The van der Waals surface area contributed by atoms with Gasteiger partial charge in [0, 0.05) is 22.5 Å². The third-order valence-corrected chi connectivity index (χ3v) is 5.84. The number of benzene rings is 1. The van der Waals surface area contributed by atoms with Gasteiger partial charge in [0.15, 0.2) is 6.10 Å². The van der Waals surface area contributed by atoms with Crippen molar-refractivity contribution in [3.8, 4) is 0 Å². The largest absolute Gasteiger partial charge is 0.439 e. The van der Waals surface area contributed by atoms with Gasteiger partial charge in [-0.1, -0.05) is 0 Å². The predicted octanol–water partition coefficient (Wildman–Crippen LogP) is 3.78. The highest BCUT2D eigenvalue weighted by molar-refractivity contribution is 9.11. The quantitative estimate of drug-likeness (QED) is 0.567. The van der Waals surface area contributed by atoms with Crippen molar-refractivity contribution in [2.75, 3.05) is 0 Å². The number of hydrogen-bond acceptors (Lipinski definition) is 4. The molecule has 4 N–H and O–H groups in total. The molecule has 3 rings (SSSR count). The van der Waals surface area contributed by atoms with Crippen LogP contribution in [0.1, 0.15) is 35.8 Å². The van der Waals surface area contributed by atoms with Gasteiger partial charge < -0.3 is 16.2 Å². The molecule has 28 heavy (non-hydrogen) atoms. The zero-order valence-electron chi connectivity index (χ0n) is 14.3. The second-order valence-corrected chi connectivity index (χ2v) is 8.15. The summed E-state index contributed by atoms with van der Waals surface area (Å²) < 4.78 is 33.0. The minimum atomic E-state index is -1.06. The van der Waals surface area contributed by atoms with Crippen LogP contribution in [0.3, 0.4) is 0 Å². The summed E-state index contributed by atoms with van der Waals surface area (Å²) in [4.78, 5) is 27.6. The number of amides is 2. The van der Waals surface area contributed by atoms with Gasteiger partial charge in [0.05, 0.1) is 11.1 Å². The minimum Gasteiger partial charge on any atom is -0.439 e. The smallest absolute Gasteiger partial charge is 0.405 e. The van der Waals surface area contributed by atoms with E-state index >= 15 is 0 Å². The van der Waals surface area contributed by atoms with Gasteiger partial charge in [-0.25, -0.2) is 18.6 Å². The maximum atomic E-state index is 13.5. The first-order valence-corrected chi connectivity index (χ1v) is 9.78. The summed E-state index contributed by atoms with van der Waals surface area (Å²) >= 11 is 6.70. The summed E-state index contributed by atoms with van der Waals surface area (Å²) in [5, 5.41) is 0. The summed E-state index contributed by atoms with van der Waals surface area (Å²) in [6.45, 7) is 0. The Hall–Kier alpha value is -2.07. The maximum absolute atomic E-state index is 13.5. The molecule has 1 aromatic heterocycles. The first-order valence-electron chi connectivity index (χ1n) is 8.20. The van der Waals surface area contributed by atoms with E-state index in [1.807, 2.05) is 0 Å². The molecule has 1 aliphatic rings. The zero-order valence-corrected chi connectivity index (χ0v) is 17.5. The zero-order chi connectivity index (χ0) is 20.6. The van der Waals surface area contributed by atoms with Gasteiger partial charge in [0.25, 0.3) is 0 Å². The number of carbonyl (C=O) groups is 2. The van der Waals surface area contributed by atoms with E-state index in [9.17, 15) is 18.4 Å². The lowest BCUT2D eigenvalue weighted by atomic mass is 9.96. The highest BCUT2D eigenvalue weighted by Gasteiger charge is 2.51. The topological polar surface area (TPSA) is 108 Å². The molecule has 2 aromatic rings. The Morgan fingerprint density at radius 1 is 1.14 bits per heavy atom. The lowest BCUT2D eigenvalue weighted by molar-refractivity contribution is -0.120. The number of primary amides is 2. The standard InChI is InChI=1S/C18H15Br2F2N3O3/c19-12-7-11(18(1-2-18)16(23)26)15(20)25-14(12)13(28-17(24)27)5-8-3-9(21)6-10(22)4-8/h3-4,6-7,13H,1-2,5H2,(H2,23,26)(H2,24,27)/t13-/m0/s1. The first-order chi connectivity index (χ1) is 13.1. The molecule has 1 saturated carbocycles. The SMILES string of the molecule is NC(=O)O[C@@H](Cc1cc(F)cc(F)c1)c1nc(Br)c(C2(C(N)=O)CC2)cc1Br. The summed E-state index contributed by atoms with van der Waals surface area (Å²) in [5.74, 6) is -1.96. The molecule has 0 saturated heterocycles. The van der Waals surface area contributed by atoms with Crippen LogP contribution >= 0.6 is 31.9 Å². The molecule has 1 aromatic carbocycles. The molecule has 10 heteroatoms. The Bertz CT molecular complexity index is 947. The lowest BCUT2D eigenvalue weighted by Crippen LogP contribution is -2.29. The van der Waals surface area contributed by atoms with E-state index in [1.54, 1.807) is 6.07 Å². The van der Waals surface area contributed by atoms with E-state index in [2.05, 4.69) is 36.8 Å². The van der Waals surface area contributed by atoms with Crippen molar-refractivity contribution in [1.82, 2.24) is 4.98 Å². The maximum Gasteiger partial charge on any atom is 0.405 e. The van der Waals surface area contributed by atoms with Crippen molar-refractivity contribution in [2.24, 2.45) is 11.5 Å². The summed E-state index contributed by atoms with van der Waals surface area (Å²) in [5.41, 5.74) is 11.0. The molecule has 0 aliphatic heterocycles. The van der Waals surface area contributed by atoms with Crippen LogP contribution in [-0.2, 0) is 21.4 Å². The third kappa shape index (κ3) is 4.17. The lowest BCUT2D eigenvalue weighted by Gasteiger charge is -2.21. The summed E-state index contributed by atoms with van der Waals surface area (Å²) in [6, 6.07) is 4.67. The van der Waals surface area contributed by atoms with Gasteiger partial charge >= 0.3 is 6.09 Å². The normalized spacial score (nSPS) is 15.7. The summed E-state index contributed by atoms with van der Waals surface area (Å²) in [6.07, 6.45) is -0.916. The van der Waals surface area contributed by atoms with Gasteiger partial charge in [0.2, 0.25) is 5.91 Å². The Kier molecular flexibility index (Phi) is 5.72. The van der Waals surface area contributed by atoms with Crippen LogP contribution in [0, 0.1) is 11.6 Å². The van der Waals surface area contributed by atoms with Crippen LogP contribution in [0.2, 0.25) is 0 Å². The molecule has 0 bridgehead atoms. The number of carbonyl (C=O) groups excluding carboxylic acids is 2. The monoisotopic (exact) mass is 517 g/mol. The van der Waals surface area contributed by atoms with Crippen LogP contribution in [0.15, 0.2) is 33.3 Å². The van der Waals surface area contributed by atoms with Crippen LogP contribution in [-0.4, -0.2) is 17.0 Å². The molecule has 2 amide bonds. The van der Waals surface area contributed by atoms with E-state index in [0.717, 1.165) is 18.2 Å². The molecule has 1 heterocycles. The number of aromatic nitrogens is 1. The first kappa shape index (κ1) is 20.7. The molecular formula is C18H15Br2F2N3O3. The van der Waals surface area contributed by atoms with E-state index in [0.29, 0.717) is 27.5 Å². The number of pyridine rings is 1. The molecule has 0 spiro atoms. The van der Waals surface area contributed by atoms with Crippen molar-refractivity contribution in [3.63, 3.8) is 0 Å². The van der Waals surface area contributed by atoms with E-state index < -0.39 is 35.2 Å². The molecule has 0 unspecified atom stereocenters. The minimum absolute atomic E-state index is 0.0596. The summed E-state index contributed by atoms with van der Waals surface area (Å²) in [7, 11) is 0. The third-order valence-electron chi connectivity index (χ3n) is 4.60. The van der Waals surface area contributed by atoms with Crippen LogP contribution < -0.4 is 11.5 Å². The van der Waals surface area contributed by atoms with Crippen molar-refractivity contribution in [1.29, 1.82) is 0 Å². The van der Waals surface area contributed by atoms with Gasteiger partial charge in [-0.2, -0.15) is 0 Å². The second-order valence-electron chi connectivity index (χ2n) is 6.55. The van der Waals surface area contributed by atoms with E-state index in [4.69, 9.17) is 16.2 Å². The fourth-order valence-corrected chi connectivity index (χ4v) is 4.35. The molecular weight excluding hydrogens is 504 g/mol. The number of ether oxygens (including phenoxy) is 1. The average Bonchev–Trinajstić information content (AvgIpc) is 3.36. The van der Waals surface area contributed by atoms with E-state index in [-0.39, 0.29) is 17.7 Å². The van der Waals surface area contributed by atoms with Crippen molar-refractivity contribution in [2.45, 2.75) is 30.8 Å². The van der Waals surface area contributed by atoms with Gasteiger partial charge in [-0.3, -0.25) is 4.79 Å². The van der Waals surface area contributed by atoms with Crippen molar-refractivity contribution in [3.05, 3.63) is 61.8 Å². The Balaban J connectivity index is 2.00. The fraction of sp³-hybridized carbons (Fsp3) is 0.278. The molecule has 1 atom stereocenters. The number of halogens is 4. The fourth-order valence-electron chi connectivity index (χ4n) is 3.09. The van der Waals surface area contributed by atoms with Crippen LogP contribution in [0.25, 0.3) is 0 Å². The van der Waals surface area contributed by atoms with Gasteiger partial charge in [-0.05, 0) is 68.5 Å². The molecule has 0 radical (unpaired) electrons. The molecule has 1 aliphatic carbocycles. The highest BCUT2D eigenvalue weighted by atomic mass is 79.9. The van der Waals surface area contributed by atoms with Gasteiger partial charge in [-0.15, -0.1) is 0 Å². The number of nitrogens with two attached hydrogens (primary N) is 2. The van der Waals surface area contributed by atoms with Crippen molar-refractivity contribution < 1.29 is 23.1 Å². The highest BCUT2D eigenvalue weighted by Crippen LogP contribution is 2.51. The molecule has 6 nitrogen and oxygen atoms in total. The second kappa shape index (κ2) is 7.75. The van der Waals surface area contributed by atoms with E-state index in [1.165, 1.54) is 0 Å². The number of nitrogens with zero attached hydrogens (tertiary/aromatic N) is 1. The molecule has 148 valence electrons. The molecule has 1 fully saturated rings. The van der Waals surface area contributed by atoms with Crippen LogP contribution in [0.5, 0.6) is 0 Å². The average molecular weight is 519 g/mol.